The first-order chi connectivity index (χ1) is 9.52. The van der Waals surface area contributed by atoms with Gasteiger partial charge in [-0.1, -0.05) is 19.9 Å². The Bertz CT molecular complexity index is 448. The van der Waals surface area contributed by atoms with E-state index in [2.05, 4.69) is 50.2 Å². The van der Waals surface area contributed by atoms with Crippen molar-refractivity contribution in [2.75, 3.05) is 27.4 Å². The molecule has 4 nitrogen and oxygen atoms in total. The lowest BCUT2D eigenvalue weighted by Crippen LogP contribution is -2.39. The molecule has 0 aliphatic carbocycles. The van der Waals surface area contributed by atoms with E-state index in [0.29, 0.717) is 18.8 Å². The first-order valence-corrected chi connectivity index (χ1v) is 7.30. The maximum atomic E-state index is 5.46. The van der Waals surface area contributed by atoms with Gasteiger partial charge in [-0.05, 0) is 44.6 Å². The zero-order valence-electron chi connectivity index (χ0n) is 13.1. The minimum atomic E-state index is 0.288. The Morgan fingerprint density at radius 2 is 1.90 bits per heavy atom. The van der Waals surface area contributed by atoms with Gasteiger partial charge in [-0.25, -0.2) is 0 Å². The normalized spacial score (nSPS) is 16.8. The van der Waals surface area contributed by atoms with Crippen LogP contribution in [0.1, 0.15) is 32.4 Å². The molecule has 0 bridgehead atoms. The van der Waals surface area contributed by atoms with Crippen LogP contribution in [-0.4, -0.2) is 38.4 Å². The molecule has 20 heavy (non-hydrogen) atoms. The van der Waals surface area contributed by atoms with Gasteiger partial charge in [0.1, 0.15) is 0 Å². The van der Waals surface area contributed by atoms with E-state index >= 15 is 0 Å². The summed E-state index contributed by atoms with van der Waals surface area (Å²) in [6, 6.07) is 7.03. The van der Waals surface area contributed by atoms with Gasteiger partial charge in [0.2, 0.25) is 6.79 Å². The molecule has 2 unspecified atom stereocenters. The number of hydrogen-bond donors (Lipinski definition) is 1. The number of likely N-dealkylation sites (N-methyl/N-ethyl adjacent to an activating group) is 2. The van der Waals surface area contributed by atoms with Crippen LogP contribution >= 0.6 is 0 Å². The summed E-state index contributed by atoms with van der Waals surface area (Å²) in [5.41, 5.74) is 1.24. The van der Waals surface area contributed by atoms with E-state index < -0.39 is 0 Å². The minimum Gasteiger partial charge on any atom is -0.454 e. The van der Waals surface area contributed by atoms with Crippen LogP contribution in [0.5, 0.6) is 11.5 Å². The van der Waals surface area contributed by atoms with Crippen LogP contribution in [0.4, 0.5) is 0 Å². The number of ether oxygens (including phenoxy) is 2. The van der Waals surface area contributed by atoms with Gasteiger partial charge in [-0.2, -0.15) is 0 Å². The third-order valence-corrected chi connectivity index (χ3v) is 4.28. The fourth-order valence-electron chi connectivity index (χ4n) is 2.46. The zero-order valence-corrected chi connectivity index (χ0v) is 13.1. The highest BCUT2D eigenvalue weighted by Gasteiger charge is 2.20. The number of rotatable bonds is 6. The Kier molecular flexibility index (Phi) is 4.89. The van der Waals surface area contributed by atoms with Gasteiger partial charge in [0.25, 0.3) is 0 Å². The van der Waals surface area contributed by atoms with Crippen molar-refractivity contribution >= 4 is 0 Å². The molecule has 1 aromatic carbocycles. The lowest BCUT2D eigenvalue weighted by molar-refractivity contribution is 0.173. The summed E-state index contributed by atoms with van der Waals surface area (Å²) in [5, 5.41) is 3.40. The monoisotopic (exact) mass is 278 g/mol. The summed E-state index contributed by atoms with van der Waals surface area (Å²) in [4.78, 5) is 2.40. The predicted octanol–water partition coefficient (Wildman–Crippen LogP) is 2.65. The van der Waals surface area contributed by atoms with Gasteiger partial charge in [-0.15, -0.1) is 0 Å². The van der Waals surface area contributed by atoms with Crippen LogP contribution < -0.4 is 14.8 Å². The second-order valence-corrected chi connectivity index (χ2v) is 5.88. The van der Waals surface area contributed by atoms with E-state index in [9.17, 15) is 0 Å². The molecule has 0 aromatic heterocycles. The third kappa shape index (κ3) is 3.25. The molecule has 4 heteroatoms. The van der Waals surface area contributed by atoms with Crippen LogP contribution in [0, 0.1) is 5.92 Å². The standard InChI is InChI=1S/C16H26N2O2/c1-11(2)12(3)18(5)9-14(17-4)13-6-7-15-16(8-13)20-10-19-15/h6-8,11-12,14,17H,9-10H2,1-5H3. The quantitative estimate of drug-likeness (QED) is 0.867. The molecule has 0 amide bonds. The molecule has 1 aliphatic heterocycles. The molecule has 1 heterocycles. The highest BCUT2D eigenvalue weighted by atomic mass is 16.7. The summed E-state index contributed by atoms with van der Waals surface area (Å²) in [7, 11) is 4.19. The fraction of sp³-hybridized carbons (Fsp3) is 0.625. The average Bonchev–Trinajstić information content (AvgIpc) is 2.90. The van der Waals surface area contributed by atoms with E-state index in [4.69, 9.17) is 9.47 Å². The molecule has 0 fully saturated rings. The third-order valence-electron chi connectivity index (χ3n) is 4.28. The Hall–Kier alpha value is -1.26. The van der Waals surface area contributed by atoms with E-state index in [1.54, 1.807) is 0 Å². The summed E-state index contributed by atoms with van der Waals surface area (Å²) in [5.74, 6) is 2.34. The maximum Gasteiger partial charge on any atom is 0.231 e. The van der Waals surface area contributed by atoms with Gasteiger partial charge in [0.15, 0.2) is 11.5 Å². The average molecular weight is 278 g/mol. The molecular formula is C16H26N2O2. The molecular weight excluding hydrogens is 252 g/mol. The van der Waals surface area contributed by atoms with Crippen molar-refractivity contribution in [3.63, 3.8) is 0 Å². The van der Waals surface area contributed by atoms with Crippen molar-refractivity contribution in [3.8, 4) is 11.5 Å². The van der Waals surface area contributed by atoms with Gasteiger partial charge in [0, 0.05) is 18.6 Å². The molecule has 1 aliphatic rings. The fourth-order valence-corrected chi connectivity index (χ4v) is 2.46. The molecule has 0 radical (unpaired) electrons. The molecule has 112 valence electrons. The van der Waals surface area contributed by atoms with Gasteiger partial charge in [-0.3, -0.25) is 0 Å². The first-order valence-electron chi connectivity index (χ1n) is 7.30. The van der Waals surface area contributed by atoms with Crippen molar-refractivity contribution in [1.29, 1.82) is 0 Å². The van der Waals surface area contributed by atoms with Crippen molar-refractivity contribution in [3.05, 3.63) is 23.8 Å². The lowest BCUT2D eigenvalue weighted by atomic mass is 10.0. The molecule has 2 atom stereocenters. The summed E-state index contributed by atoms with van der Waals surface area (Å²) in [6.45, 7) is 8.09. The Morgan fingerprint density at radius 1 is 1.20 bits per heavy atom. The first kappa shape index (κ1) is 15.1. The summed E-state index contributed by atoms with van der Waals surface area (Å²) >= 11 is 0. The van der Waals surface area contributed by atoms with Crippen LogP contribution in [0.25, 0.3) is 0 Å². The maximum absolute atomic E-state index is 5.46. The predicted molar refractivity (Wildman–Crippen MR) is 81.3 cm³/mol. The molecule has 2 rings (SSSR count). The zero-order chi connectivity index (χ0) is 14.7. The highest BCUT2D eigenvalue weighted by molar-refractivity contribution is 5.45. The second-order valence-electron chi connectivity index (χ2n) is 5.88. The molecule has 0 spiro atoms. The van der Waals surface area contributed by atoms with Crippen LogP contribution in [0.15, 0.2) is 18.2 Å². The number of nitrogens with zero attached hydrogens (tertiary/aromatic N) is 1. The number of hydrogen-bond acceptors (Lipinski definition) is 4. The van der Waals surface area contributed by atoms with Crippen molar-refractivity contribution < 1.29 is 9.47 Å². The molecule has 1 N–H and O–H groups in total. The second kappa shape index (κ2) is 6.46. The highest BCUT2D eigenvalue weighted by Crippen LogP contribution is 2.34. The Morgan fingerprint density at radius 3 is 2.55 bits per heavy atom. The van der Waals surface area contributed by atoms with E-state index in [0.717, 1.165) is 18.0 Å². The number of fused-ring (bicyclic) bond motifs is 1. The van der Waals surface area contributed by atoms with Gasteiger partial charge in [0.05, 0.1) is 0 Å². The molecule has 0 saturated heterocycles. The smallest absolute Gasteiger partial charge is 0.231 e. The summed E-state index contributed by atoms with van der Waals surface area (Å²) < 4.78 is 10.8. The number of benzene rings is 1. The van der Waals surface area contributed by atoms with E-state index in [1.165, 1.54) is 5.56 Å². The Balaban J connectivity index is 2.08. The molecule has 1 aromatic rings. The lowest BCUT2D eigenvalue weighted by Gasteiger charge is -2.31. The van der Waals surface area contributed by atoms with Crippen LogP contribution in [0.2, 0.25) is 0 Å². The Labute approximate surface area is 122 Å². The van der Waals surface area contributed by atoms with Crippen molar-refractivity contribution in [2.45, 2.75) is 32.9 Å². The largest absolute Gasteiger partial charge is 0.454 e. The molecule has 0 saturated carbocycles. The summed E-state index contributed by atoms with van der Waals surface area (Å²) in [6.07, 6.45) is 0. The van der Waals surface area contributed by atoms with Gasteiger partial charge < -0.3 is 19.7 Å². The van der Waals surface area contributed by atoms with Crippen molar-refractivity contribution in [2.24, 2.45) is 5.92 Å². The SMILES string of the molecule is CNC(CN(C)C(C)C(C)C)c1ccc2c(c1)OCO2. The topological polar surface area (TPSA) is 33.7 Å². The van der Waals surface area contributed by atoms with Crippen LogP contribution in [-0.2, 0) is 0 Å². The minimum absolute atomic E-state index is 0.288. The van der Waals surface area contributed by atoms with E-state index in [-0.39, 0.29) is 6.04 Å². The van der Waals surface area contributed by atoms with E-state index in [1.807, 2.05) is 13.1 Å². The van der Waals surface area contributed by atoms with Crippen LogP contribution in [0.3, 0.4) is 0 Å². The van der Waals surface area contributed by atoms with Gasteiger partial charge >= 0.3 is 0 Å². The number of nitrogens with one attached hydrogen (secondary N) is 1. The van der Waals surface area contributed by atoms with Crippen molar-refractivity contribution in [1.82, 2.24) is 10.2 Å².